The van der Waals surface area contributed by atoms with Gasteiger partial charge in [-0.25, -0.2) is 4.98 Å². The van der Waals surface area contributed by atoms with Crippen molar-refractivity contribution in [2.24, 2.45) is 5.73 Å². The first-order valence-corrected chi connectivity index (χ1v) is 11.0. The minimum atomic E-state index is -0.637. The van der Waals surface area contributed by atoms with Crippen LogP contribution in [0.3, 0.4) is 0 Å². The number of aromatic nitrogens is 1. The van der Waals surface area contributed by atoms with Crippen LogP contribution in [0.1, 0.15) is 23.2 Å². The highest BCUT2D eigenvalue weighted by molar-refractivity contribution is 5.96. The zero-order valence-corrected chi connectivity index (χ0v) is 18.6. The number of carbonyl (C=O) groups is 2. The van der Waals surface area contributed by atoms with Crippen molar-refractivity contribution < 1.29 is 19.1 Å². The molecule has 34 heavy (non-hydrogen) atoms. The minimum Gasteiger partial charge on any atom is -0.457 e. The highest BCUT2D eigenvalue weighted by Gasteiger charge is 2.23. The smallest absolute Gasteiger partial charge is 0.254 e. The molecule has 8 nitrogen and oxygen atoms in total. The summed E-state index contributed by atoms with van der Waals surface area (Å²) in [5, 5.41) is 2.92. The summed E-state index contributed by atoms with van der Waals surface area (Å²) in [6.45, 7) is 4.87. The van der Waals surface area contributed by atoms with Crippen LogP contribution in [0.2, 0.25) is 0 Å². The van der Waals surface area contributed by atoms with Crippen LogP contribution in [0.15, 0.2) is 79.5 Å². The Bertz CT molecular complexity index is 1170. The molecule has 1 atom stereocenters. The van der Waals surface area contributed by atoms with E-state index in [4.69, 9.17) is 15.2 Å². The van der Waals surface area contributed by atoms with Gasteiger partial charge >= 0.3 is 0 Å². The molecule has 0 spiro atoms. The Morgan fingerprint density at radius 2 is 1.74 bits per heavy atom. The van der Waals surface area contributed by atoms with E-state index in [1.165, 1.54) is 6.08 Å². The number of pyridine rings is 1. The second-order valence-corrected chi connectivity index (χ2v) is 7.90. The van der Waals surface area contributed by atoms with Gasteiger partial charge in [-0.15, -0.1) is 0 Å². The van der Waals surface area contributed by atoms with Crippen LogP contribution in [0, 0.1) is 0 Å². The predicted octanol–water partition coefficient (Wildman–Crippen LogP) is 4.04. The summed E-state index contributed by atoms with van der Waals surface area (Å²) in [6, 6.07) is 18.1. The minimum absolute atomic E-state index is 0.0103. The van der Waals surface area contributed by atoms with E-state index in [0.717, 1.165) is 30.8 Å². The number of rotatable bonds is 8. The van der Waals surface area contributed by atoms with Crippen LogP contribution in [-0.2, 0) is 4.79 Å². The number of nitrogens with zero attached hydrogens (tertiary/aromatic N) is 2. The molecule has 0 radical (unpaired) electrons. The molecule has 1 aromatic heterocycles. The number of nitrogens with two attached hydrogens (primary N) is 1. The van der Waals surface area contributed by atoms with Crippen molar-refractivity contribution in [3.63, 3.8) is 0 Å². The number of nitrogens with one attached hydrogen (secondary N) is 1. The van der Waals surface area contributed by atoms with Crippen molar-refractivity contribution in [1.29, 1.82) is 0 Å². The van der Waals surface area contributed by atoms with Gasteiger partial charge in [0.2, 0.25) is 11.8 Å². The number of carbonyl (C=O) groups excluding carboxylic acids is 2. The SMILES string of the molecule is C=CC(=O)NC1CCCN(c2cnc(Oc3ccc(Oc4ccccc4)cc3)c(C(N)=O)c2)C1. The van der Waals surface area contributed by atoms with Crippen molar-refractivity contribution >= 4 is 17.5 Å². The number of piperidine rings is 1. The van der Waals surface area contributed by atoms with E-state index < -0.39 is 5.91 Å². The number of hydrogen-bond acceptors (Lipinski definition) is 6. The largest absolute Gasteiger partial charge is 0.457 e. The van der Waals surface area contributed by atoms with Gasteiger partial charge in [0.25, 0.3) is 5.91 Å². The molecule has 3 aromatic rings. The summed E-state index contributed by atoms with van der Waals surface area (Å²) in [5.74, 6) is 1.16. The third-order valence-corrected chi connectivity index (χ3v) is 5.44. The summed E-state index contributed by atoms with van der Waals surface area (Å²) in [6.07, 6.45) is 4.67. The fraction of sp³-hybridized carbons (Fsp3) is 0.192. The average molecular weight is 459 g/mol. The van der Waals surface area contributed by atoms with Crippen molar-refractivity contribution in [2.45, 2.75) is 18.9 Å². The van der Waals surface area contributed by atoms with Crippen LogP contribution in [0.5, 0.6) is 23.1 Å². The number of hydrogen-bond donors (Lipinski definition) is 2. The zero-order chi connectivity index (χ0) is 23.9. The quantitative estimate of drug-likeness (QED) is 0.494. The van der Waals surface area contributed by atoms with Gasteiger partial charge in [-0.1, -0.05) is 24.8 Å². The average Bonchev–Trinajstić information content (AvgIpc) is 2.86. The van der Waals surface area contributed by atoms with E-state index in [1.54, 1.807) is 36.5 Å². The van der Waals surface area contributed by atoms with Crippen LogP contribution < -0.4 is 25.4 Å². The third kappa shape index (κ3) is 5.72. The number of benzene rings is 2. The van der Waals surface area contributed by atoms with E-state index in [2.05, 4.69) is 21.8 Å². The van der Waals surface area contributed by atoms with Gasteiger partial charge in [0.05, 0.1) is 11.9 Å². The number of primary amides is 1. The number of ether oxygens (including phenoxy) is 2. The molecule has 174 valence electrons. The Kier molecular flexibility index (Phi) is 7.07. The van der Waals surface area contributed by atoms with Gasteiger partial charge in [0.15, 0.2) is 0 Å². The Hall–Kier alpha value is -4.33. The fourth-order valence-electron chi connectivity index (χ4n) is 3.77. The first-order valence-electron chi connectivity index (χ1n) is 11.0. The lowest BCUT2D eigenvalue weighted by molar-refractivity contribution is -0.117. The normalized spacial score (nSPS) is 15.3. The summed E-state index contributed by atoms with van der Waals surface area (Å²) < 4.78 is 11.6. The highest BCUT2D eigenvalue weighted by atomic mass is 16.5. The molecule has 0 bridgehead atoms. The Balaban J connectivity index is 1.47. The lowest BCUT2D eigenvalue weighted by Gasteiger charge is -2.34. The standard InChI is InChI=1S/C26H26N4O4/c1-2-24(31)29-18-7-6-14-30(17-18)19-15-23(25(27)32)26(28-16-19)34-22-12-10-21(11-13-22)33-20-8-4-3-5-9-20/h2-5,8-13,15-16,18H,1,6-7,14,17H2,(H2,27,32)(H,29,31). The summed E-state index contributed by atoms with van der Waals surface area (Å²) in [7, 11) is 0. The van der Waals surface area contributed by atoms with Gasteiger partial charge in [0, 0.05) is 19.1 Å². The Labute approximate surface area is 198 Å². The van der Waals surface area contributed by atoms with Crippen LogP contribution in [0.4, 0.5) is 5.69 Å². The number of anilines is 1. The van der Waals surface area contributed by atoms with Crippen molar-refractivity contribution in [3.8, 4) is 23.1 Å². The molecule has 2 heterocycles. The molecule has 0 saturated carbocycles. The maximum Gasteiger partial charge on any atom is 0.254 e. The van der Waals surface area contributed by atoms with Gasteiger partial charge in [-0.2, -0.15) is 0 Å². The number of amides is 2. The maximum absolute atomic E-state index is 12.1. The predicted molar refractivity (Wildman–Crippen MR) is 129 cm³/mol. The topological polar surface area (TPSA) is 107 Å². The summed E-state index contributed by atoms with van der Waals surface area (Å²) >= 11 is 0. The molecular formula is C26H26N4O4. The molecule has 1 aliphatic rings. The molecule has 1 aliphatic heterocycles. The molecule has 8 heteroatoms. The van der Waals surface area contributed by atoms with Crippen LogP contribution in [0.25, 0.3) is 0 Å². The van der Waals surface area contributed by atoms with Crippen molar-refractivity contribution in [2.75, 3.05) is 18.0 Å². The van der Waals surface area contributed by atoms with Crippen molar-refractivity contribution in [1.82, 2.24) is 10.3 Å². The molecule has 2 aromatic carbocycles. The first-order chi connectivity index (χ1) is 16.5. The molecule has 1 saturated heterocycles. The summed E-state index contributed by atoms with van der Waals surface area (Å²) in [4.78, 5) is 30.2. The van der Waals surface area contributed by atoms with E-state index in [0.29, 0.717) is 18.0 Å². The molecular weight excluding hydrogens is 432 g/mol. The van der Waals surface area contributed by atoms with Gasteiger partial charge in [-0.3, -0.25) is 9.59 Å². The molecule has 1 unspecified atom stereocenters. The summed E-state index contributed by atoms with van der Waals surface area (Å²) in [5.41, 5.74) is 6.54. The zero-order valence-electron chi connectivity index (χ0n) is 18.6. The third-order valence-electron chi connectivity index (χ3n) is 5.44. The van der Waals surface area contributed by atoms with E-state index in [9.17, 15) is 9.59 Å². The fourth-order valence-corrected chi connectivity index (χ4v) is 3.77. The van der Waals surface area contributed by atoms with E-state index >= 15 is 0 Å². The number of para-hydroxylation sites is 1. The molecule has 1 fully saturated rings. The molecule has 0 aliphatic carbocycles. The lowest BCUT2D eigenvalue weighted by atomic mass is 10.0. The van der Waals surface area contributed by atoms with Crippen LogP contribution in [-0.4, -0.2) is 35.9 Å². The van der Waals surface area contributed by atoms with Gasteiger partial charge in [0.1, 0.15) is 22.8 Å². The highest BCUT2D eigenvalue weighted by Crippen LogP contribution is 2.30. The monoisotopic (exact) mass is 458 g/mol. The Morgan fingerprint density at radius 3 is 2.41 bits per heavy atom. The van der Waals surface area contributed by atoms with Gasteiger partial charge in [-0.05, 0) is 61.4 Å². The van der Waals surface area contributed by atoms with Crippen molar-refractivity contribution in [3.05, 3.63) is 85.1 Å². The second kappa shape index (κ2) is 10.5. The van der Waals surface area contributed by atoms with E-state index in [1.807, 2.05) is 30.3 Å². The lowest BCUT2D eigenvalue weighted by Crippen LogP contribution is -2.47. The second-order valence-electron chi connectivity index (χ2n) is 7.90. The molecule has 3 N–H and O–H groups in total. The Morgan fingerprint density at radius 1 is 1.06 bits per heavy atom. The maximum atomic E-state index is 12.1. The van der Waals surface area contributed by atoms with Gasteiger partial charge < -0.3 is 25.4 Å². The molecule has 4 rings (SSSR count). The van der Waals surface area contributed by atoms with E-state index in [-0.39, 0.29) is 23.4 Å². The first kappa shape index (κ1) is 22.8. The molecule has 2 amide bonds. The van der Waals surface area contributed by atoms with Crippen LogP contribution >= 0.6 is 0 Å².